The smallest absolute Gasteiger partial charge is 0.110 e. The summed E-state index contributed by atoms with van der Waals surface area (Å²) in [5, 5.41) is 0. The van der Waals surface area contributed by atoms with Gasteiger partial charge in [0.05, 0.1) is 6.04 Å². The van der Waals surface area contributed by atoms with E-state index in [1.54, 1.807) is 0 Å². The van der Waals surface area contributed by atoms with Crippen LogP contribution in [0, 0.1) is 0 Å². The van der Waals surface area contributed by atoms with Crippen LogP contribution < -0.4 is 11.3 Å². The first kappa shape index (κ1) is 15.7. The van der Waals surface area contributed by atoms with Crippen molar-refractivity contribution in [1.29, 1.82) is 0 Å². The first-order valence-corrected chi connectivity index (χ1v) is 7.71. The van der Waals surface area contributed by atoms with Crippen molar-refractivity contribution in [2.45, 2.75) is 52.1 Å². The van der Waals surface area contributed by atoms with E-state index in [1.165, 1.54) is 11.1 Å². The van der Waals surface area contributed by atoms with Gasteiger partial charge in [-0.15, -0.1) is 0 Å². The first-order chi connectivity index (χ1) is 10.2. The summed E-state index contributed by atoms with van der Waals surface area (Å²) in [5.41, 5.74) is 5.47. The Balaban J connectivity index is 2.13. The zero-order valence-electron chi connectivity index (χ0n) is 13.2. The number of imidazole rings is 1. The quantitative estimate of drug-likeness (QED) is 0.607. The lowest BCUT2D eigenvalue weighted by molar-refractivity contribution is 0.517. The molecule has 0 fully saturated rings. The van der Waals surface area contributed by atoms with Gasteiger partial charge in [0.2, 0.25) is 0 Å². The number of aromatic nitrogens is 2. The fourth-order valence-electron chi connectivity index (χ4n) is 2.54. The van der Waals surface area contributed by atoms with Crippen molar-refractivity contribution in [3.8, 4) is 0 Å². The number of hydrogen-bond donors (Lipinski definition) is 2. The Bertz CT molecular complexity index is 542. The molecule has 0 aliphatic rings. The maximum Gasteiger partial charge on any atom is 0.110 e. The number of rotatable bonds is 7. The van der Waals surface area contributed by atoms with Crippen LogP contribution in [0.3, 0.4) is 0 Å². The van der Waals surface area contributed by atoms with Gasteiger partial charge in [-0.2, -0.15) is 0 Å². The van der Waals surface area contributed by atoms with Crippen LogP contribution in [-0.4, -0.2) is 9.55 Å². The normalized spacial score (nSPS) is 12.8. The highest BCUT2D eigenvalue weighted by atomic mass is 15.2. The van der Waals surface area contributed by atoms with Crippen LogP contribution in [0.1, 0.15) is 56.1 Å². The van der Waals surface area contributed by atoms with E-state index in [1.807, 2.05) is 12.4 Å². The fraction of sp³-hybridized carbons (Fsp3) is 0.471. The van der Waals surface area contributed by atoms with Gasteiger partial charge < -0.3 is 4.57 Å². The van der Waals surface area contributed by atoms with Crippen molar-refractivity contribution in [2.75, 3.05) is 0 Å². The second-order valence-electron chi connectivity index (χ2n) is 5.78. The predicted octanol–water partition coefficient (Wildman–Crippen LogP) is 3.16. The molecule has 0 bridgehead atoms. The number of benzene rings is 1. The maximum absolute atomic E-state index is 5.76. The number of hydrogen-bond acceptors (Lipinski definition) is 3. The molecular weight excluding hydrogens is 260 g/mol. The maximum atomic E-state index is 5.76. The first-order valence-electron chi connectivity index (χ1n) is 7.71. The summed E-state index contributed by atoms with van der Waals surface area (Å²) in [6.45, 7) is 7.58. The van der Waals surface area contributed by atoms with Gasteiger partial charge in [0, 0.05) is 25.4 Å². The van der Waals surface area contributed by atoms with E-state index in [4.69, 9.17) is 5.84 Å². The van der Waals surface area contributed by atoms with Gasteiger partial charge in [-0.05, 0) is 23.5 Å². The van der Waals surface area contributed by atoms with Gasteiger partial charge in [-0.25, -0.2) is 4.98 Å². The van der Waals surface area contributed by atoms with Crippen molar-refractivity contribution < 1.29 is 0 Å². The third-order valence-electron chi connectivity index (χ3n) is 3.86. The van der Waals surface area contributed by atoms with Gasteiger partial charge in [-0.3, -0.25) is 11.3 Å². The summed E-state index contributed by atoms with van der Waals surface area (Å²) < 4.78 is 2.20. The van der Waals surface area contributed by atoms with E-state index >= 15 is 0 Å². The van der Waals surface area contributed by atoms with Crippen LogP contribution in [0.2, 0.25) is 0 Å². The largest absolute Gasteiger partial charge is 0.335 e. The second-order valence-corrected chi connectivity index (χ2v) is 5.78. The third kappa shape index (κ3) is 3.93. The predicted molar refractivity (Wildman–Crippen MR) is 86.8 cm³/mol. The molecule has 2 aromatic rings. The Morgan fingerprint density at radius 1 is 1.19 bits per heavy atom. The van der Waals surface area contributed by atoms with E-state index < -0.39 is 0 Å². The molecular formula is C17H26N4. The number of nitrogens with one attached hydrogen (secondary N) is 1. The number of hydrazine groups is 1. The molecule has 0 saturated carbocycles. The van der Waals surface area contributed by atoms with Crippen molar-refractivity contribution in [3.63, 3.8) is 0 Å². The standard InChI is InChI=1S/C17H26N4/c1-4-10-21-11-9-19-17(21)12-16(20-18)15-7-5-14(6-8-15)13(2)3/h5-9,11,13,16,20H,4,10,12,18H2,1-3H3. The summed E-state index contributed by atoms with van der Waals surface area (Å²) in [5.74, 6) is 7.38. The zero-order chi connectivity index (χ0) is 15.2. The zero-order valence-corrected chi connectivity index (χ0v) is 13.2. The number of aryl methyl sites for hydroxylation is 1. The van der Waals surface area contributed by atoms with Gasteiger partial charge >= 0.3 is 0 Å². The summed E-state index contributed by atoms with van der Waals surface area (Å²) in [6, 6.07) is 8.77. The van der Waals surface area contributed by atoms with E-state index in [9.17, 15) is 0 Å². The van der Waals surface area contributed by atoms with E-state index in [0.29, 0.717) is 5.92 Å². The van der Waals surface area contributed by atoms with Crippen LogP contribution >= 0.6 is 0 Å². The van der Waals surface area contributed by atoms with E-state index in [-0.39, 0.29) is 6.04 Å². The van der Waals surface area contributed by atoms with E-state index in [0.717, 1.165) is 25.2 Å². The Hall–Kier alpha value is -1.65. The van der Waals surface area contributed by atoms with Crippen LogP contribution in [0.25, 0.3) is 0 Å². The molecule has 0 aliphatic heterocycles. The van der Waals surface area contributed by atoms with Crippen molar-refractivity contribution in [2.24, 2.45) is 5.84 Å². The SMILES string of the molecule is CCCn1ccnc1CC(NN)c1ccc(C(C)C)cc1. The van der Waals surface area contributed by atoms with Gasteiger partial charge in [-0.1, -0.05) is 45.0 Å². The van der Waals surface area contributed by atoms with Crippen molar-refractivity contribution >= 4 is 0 Å². The van der Waals surface area contributed by atoms with Gasteiger partial charge in [0.15, 0.2) is 0 Å². The Morgan fingerprint density at radius 3 is 2.43 bits per heavy atom. The molecule has 0 saturated heterocycles. The van der Waals surface area contributed by atoms with E-state index in [2.05, 4.69) is 60.0 Å². The van der Waals surface area contributed by atoms with Gasteiger partial charge in [0.1, 0.15) is 5.82 Å². The molecule has 1 unspecified atom stereocenters. The van der Waals surface area contributed by atoms with Crippen LogP contribution in [0.4, 0.5) is 0 Å². The lowest BCUT2D eigenvalue weighted by Crippen LogP contribution is -2.30. The molecule has 4 heteroatoms. The fourth-order valence-corrected chi connectivity index (χ4v) is 2.54. The Labute approximate surface area is 127 Å². The van der Waals surface area contributed by atoms with Crippen LogP contribution in [0.15, 0.2) is 36.7 Å². The molecule has 0 aliphatic carbocycles. The molecule has 3 N–H and O–H groups in total. The summed E-state index contributed by atoms with van der Waals surface area (Å²) in [6.07, 6.45) is 5.80. The molecule has 4 nitrogen and oxygen atoms in total. The van der Waals surface area contributed by atoms with Crippen molar-refractivity contribution in [1.82, 2.24) is 15.0 Å². The number of nitrogens with zero attached hydrogens (tertiary/aromatic N) is 2. The highest BCUT2D eigenvalue weighted by Gasteiger charge is 2.14. The molecule has 1 heterocycles. The lowest BCUT2D eigenvalue weighted by atomic mass is 9.98. The Morgan fingerprint density at radius 2 is 1.86 bits per heavy atom. The molecule has 2 rings (SSSR count). The molecule has 21 heavy (non-hydrogen) atoms. The van der Waals surface area contributed by atoms with Crippen LogP contribution in [0.5, 0.6) is 0 Å². The molecule has 0 radical (unpaired) electrons. The highest BCUT2D eigenvalue weighted by Crippen LogP contribution is 2.21. The average Bonchev–Trinajstić information content (AvgIpc) is 2.92. The van der Waals surface area contributed by atoms with Crippen molar-refractivity contribution in [3.05, 3.63) is 53.6 Å². The third-order valence-corrected chi connectivity index (χ3v) is 3.86. The molecule has 0 spiro atoms. The number of nitrogens with two attached hydrogens (primary N) is 1. The molecule has 114 valence electrons. The second kappa shape index (κ2) is 7.38. The molecule has 1 aromatic carbocycles. The summed E-state index contributed by atoms with van der Waals surface area (Å²) >= 11 is 0. The minimum absolute atomic E-state index is 0.0872. The summed E-state index contributed by atoms with van der Waals surface area (Å²) in [7, 11) is 0. The molecule has 1 aromatic heterocycles. The monoisotopic (exact) mass is 286 g/mol. The average molecular weight is 286 g/mol. The molecule has 0 amide bonds. The van der Waals surface area contributed by atoms with Crippen LogP contribution in [-0.2, 0) is 13.0 Å². The molecule has 1 atom stereocenters. The summed E-state index contributed by atoms with van der Waals surface area (Å²) in [4.78, 5) is 4.46. The van der Waals surface area contributed by atoms with Gasteiger partial charge in [0.25, 0.3) is 0 Å². The topological polar surface area (TPSA) is 55.9 Å². The lowest BCUT2D eigenvalue weighted by Gasteiger charge is -2.18. The minimum atomic E-state index is 0.0872. The minimum Gasteiger partial charge on any atom is -0.335 e. The Kier molecular flexibility index (Phi) is 5.53. The highest BCUT2D eigenvalue weighted by molar-refractivity contribution is 5.27.